The fourth-order valence-corrected chi connectivity index (χ4v) is 22.9. The highest BCUT2D eigenvalue weighted by Crippen LogP contribution is 2.54. The number of hydrogen-bond donors (Lipinski definition) is 2. The van der Waals surface area contributed by atoms with Crippen LogP contribution in [0.25, 0.3) is 0 Å². The molecule has 0 aromatic heterocycles. The van der Waals surface area contributed by atoms with E-state index >= 15 is 0 Å². The zero-order chi connectivity index (χ0) is 80.4. The quantitative estimate of drug-likeness (QED) is 0.155. The largest absolute Gasteiger partial charge is 0.328 e. The van der Waals surface area contributed by atoms with Crippen molar-refractivity contribution in [3.63, 3.8) is 0 Å². The summed E-state index contributed by atoms with van der Waals surface area (Å²) in [7, 11) is 2.24. The predicted molar refractivity (Wildman–Crippen MR) is 482 cm³/mol. The molecule has 0 aromatic rings. The van der Waals surface area contributed by atoms with Crippen molar-refractivity contribution in [1.29, 1.82) is 0 Å². The van der Waals surface area contributed by atoms with Crippen LogP contribution in [0.5, 0.6) is 0 Å². The highest BCUT2D eigenvalue weighted by molar-refractivity contribution is 5.05. The van der Waals surface area contributed by atoms with Crippen molar-refractivity contribution in [3.8, 4) is 0 Å². The van der Waals surface area contributed by atoms with E-state index in [2.05, 4.69) is 221 Å². The Bertz CT molecular complexity index is 2230. The lowest BCUT2D eigenvalue weighted by Gasteiger charge is -2.61. The Kier molecular flexibility index (Phi) is 42.8. The van der Waals surface area contributed by atoms with Crippen LogP contribution in [0.4, 0.5) is 0 Å². The molecule has 0 radical (unpaired) electrons. The average Bonchev–Trinajstić information content (AvgIpc) is 0.737. The molecular formula is C98H196N12. The molecule has 13 fully saturated rings. The maximum absolute atomic E-state index is 5.80. The van der Waals surface area contributed by atoms with Gasteiger partial charge in [-0.15, -0.1) is 0 Å². The fraction of sp³-hybridized carbons (Fsp3) is 1.00. The smallest absolute Gasteiger partial charge is 0.0126 e. The number of likely N-dealkylation sites (tertiary alicyclic amines) is 1. The topological polar surface area (TPSA) is 70.5 Å². The minimum Gasteiger partial charge on any atom is -0.328 e. The molecule has 6 saturated heterocycles. The fourth-order valence-electron chi connectivity index (χ4n) is 22.9. The van der Waals surface area contributed by atoms with Crippen LogP contribution in [-0.2, 0) is 0 Å². The van der Waals surface area contributed by atoms with E-state index in [0.29, 0.717) is 11.6 Å². The molecule has 7 saturated carbocycles. The summed E-state index contributed by atoms with van der Waals surface area (Å²) in [6, 6.07) is 6.50. The first kappa shape index (κ1) is 96.6. The molecule has 0 atom stereocenters. The van der Waals surface area contributed by atoms with Gasteiger partial charge in [0, 0.05) is 204 Å². The molecule has 110 heavy (non-hydrogen) atoms. The van der Waals surface area contributed by atoms with Crippen molar-refractivity contribution in [3.05, 3.63) is 0 Å². The molecule has 648 valence electrons. The van der Waals surface area contributed by atoms with Crippen LogP contribution in [0, 0.1) is 94.2 Å². The van der Waals surface area contributed by atoms with Gasteiger partial charge in [-0.1, -0.05) is 111 Å². The molecular weight excluding hydrogens is 1350 g/mol. The number of piperazine rings is 5. The molecule has 7 aliphatic carbocycles. The first-order valence-electron chi connectivity index (χ1n) is 49.0. The maximum Gasteiger partial charge on any atom is 0.0126 e. The van der Waals surface area contributed by atoms with Gasteiger partial charge in [-0.3, -0.25) is 39.2 Å². The summed E-state index contributed by atoms with van der Waals surface area (Å²) in [5, 5.41) is 3.44. The van der Waals surface area contributed by atoms with E-state index in [1.165, 1.54) is 317 Å². The second-order valence-electron chi connectivity index (χ2n) is 44.1. The van der Waals surface area contributed by atoms with Crippen molar-refractivity contribution in [2.24, 2.45) is 99.9 Å². The molecule has 12 heteroatoms. The van der Waals surface area contributed by atoms with Crippen molar-refractivity contribution >= 4 is 0 Å². The molecule has 13 aliphatic rings. The van der Waals surface area contributed by atoms with E-state index in [9.17, 15) is 0 Å². The maximum atomic E-state index is 5.80. The number of rotatable bonds is 16. The van der Waals surface area contributed by atoms with Crippen LogP contribution in [0.3, 0.4) is 0 Å². The molecule has 6 heterocycles. The van der Waals surface area contributed by atoms with Crippen LogP contribution in [0.1, 0.15) is 326 Å². The van der Waals surface area contributed by atoms with Gasteiger partial charge >= 0.3 is 0 Å². The predicted octanol–water partition coefficient (Wildman–Crippen LogP) is 19.8. The Morgan fingerprint density at radius 1 is 0.309 bits per heavy atom. The van der Waals surface area contributed by atoms with Gasteiger partial charge in [-0.05, 0) is 317 Å². The van der Waals surface area contributed by atoms with Crippen LogP contribution in [0.15, 0.2) is 0 Å². The standard InChI is InChI=1S/2C17H34N2.C16H32N2.C14H28N2.C13H26N2.C12H23N.C9H19N/c1-14(2)15-6-8-16(9-7-15)18-10-12-19(13-11-18)17(3,4)5;1-14(2)13-18-9-11-19(12-10-18)17-7-5-16(6-8-17)15(3)4;1-13(2)15-5-7-16(8-6-15)18-11-9-17(10-12-18)14(3)4;1-12(2)13-4-6-14(7-5-13)16-10-8-15(3)9-11-16;1-11(2)12-3-5-13(6-4-12)15-9-7-14-8-10-15;1-9(2)11-5-12(6-11)7-13(8-12)10(3)4;1-7(2)8-3-5-9(10)6-4-8/h14-16H,6-13H2,1-5H3;14-17H,5-13H2,1-4H3;13-16H,5-12H2,1-4H3;12-14H,4-11H2,1-3H3;11-14H,3-10H2,1-2H3;9-11H,5-8H2,1-4H3;7-9H,3-6,10H2,1-2H3. The number of hydrogen-bond acceptors (Lipinski definition) is 12. The second-order valence-corrected chi connectivity index (χ2v) is 44.1. The van der Waals surface area contributed by atoms with Gasteiger partial charge in [0.2, 0.25) is 0 Å². The van der Waals surface area contributed by atoms with E-state index < -0.39 is 0 Å². The van der Waals surface area contributed by atoms with E-state index in [4.69, 9.17) is 5.73 Å². The monoisotopic (exact) mass is 1540 g/mol. The highest BCUT2D eigenvalue weighted by atomic mass is 15.3. The van der Waals surface area contributed by atoms with Crippen molar-refractivity contribution < 1.29 is 0 Å². The minimum absolute atomic E-state index is 0.349. The lowest BCUT2D eigenvalue weighted by atomic mass is 9.55. The van der Waals surface area contributed by atoms with E-state index in [-0.39, 0.29) is 0 Å². The summed E-state index contributed by atoms with van der Waals surface area (Å²) in [5.74, 6) is 14.1. The molecule has 3 N–H and O–H groups in total. The van der Waals surface area contributed by atoms with E-state index in [0.717, 1.165) is 136 Å². The number of nitrogens with zero attached hydrogens (tertiary/aromatic N) is 10. The van der Waals surface area contributed by atoms with Crippen molar-refractivity contribution in [1.82, 2.24) is 54.3 Å². The van der Waals surface area contributed by atoms with Gasteiger partial charge < -0.3 is 20.9 Å². The normalized spacial score (nSPS) is 32.4. The highest BCUT2D eigenvalue weighted by Gasteiger charge is 2.53. The number of nitrogens with one attached hydrogen (secondary N) is 1. The van der Waals surface area contributed by atoms with Gasteiger partial charge in [0.25, 0.3) is 0 Å². The lowest BCUT2D eigenvalue weighted by Crippen LogP contribution is -2.64. The number of likely N-dealkylation sites (N-methyl/N-ethyl adjacent to an activating group) is 1. The zero-order valence-electron chi connectivity index (χ0n) is 78.5. The third-order valence-corrected chi connectivity index (χ3v) is 32.0. The van der Waals surface area contributed by atoms with Crippen LogP contribution < -0.4 is 11.1 Å². The molecule has 0 bridgehead atoms. The summed E-state index contributed by atoms with van der Waals surface area (Å²) in [6.07, 6.45) is 37.4. The Morgan fingerprint density at radius 3 is 0.845 bits per heavy atom. The van der Waals surface area contributed by atoms with Crippen LogP contribution in [0.2, 0.25) is 0 Å². The molecule has 1 spiro atoms. The Morgan fingerprint density at radius 2 is 0.573 bits per heavy atom. The van der Waals surface area contributed by atoms with Gasteiger partial charge in [0.05, 0.1) is 0 Å². The first-order valence-corrected chi connectivity index (χ1v) is 49.0. The second kappa shape index (κ2) is 48.7. The number of nitrogens with two attached hydrogens (primary N) is 1. The molecule has 0 amide bonds. The third kappa shape index (κ3) is 32.6. The van der Waals surface area contributed by atoms with Gasteiger partial charge in [-0.2, -0.15) is 0 Å². The van der Waals surface area contributed by atoms with Gasteiger partial charge in [0.1, 0.15) is 0 Å². The Labute approximate surface area is 688 Å². The summed E-state index contributed by atoms with van der Waals surface area (Å²) in [6.45, 7) is 83.9. The van der Waals surface area contributed by atoms with E-state index in [1.54, 1.807) is 0 Å². The molecule has 13 rings (SSSR count). The molecule has 12 nitrogen and oxygen atoms in total. The summed E-state index contributed by atoms with van der Waals surface area (Å²) < 4.78 is 0. The molecule has 0 aromatic carbocycles. The average molecular weight is 1540 g/mol. The summed E-state index contributed by atoms with van der Waals surface area (Å²) in [4.78, 5) is 26.8. The third-order valence-electron chi connectivity index (χ3n) is 32.0. The van der Waals surface area contributed by atoms with Crippen molar-refractivity contribution in [2.75, 3.05) is 158 Å². The zero-order valence-corrected chi connectivity index (χ0v) is 78.5. The Balaban J connectivity index is 0.000000180. The van der Waals surface area contributed by atoms with Crippen molar-refractivity contribution in [2.45, 2.75) is 380 Å². The van der Waals surface area contributed by atoms with Crippen LogP contribution >= 0.6 is 0 Å². The van der Waals surface area contributed by atoms with E-state index in [1.807, 2.05) is 0 Å². The minimum atomic E-state index is 0.349. The van der Waals surface area contributed by atoms with Gasteiger partial charge in [-0.25, -0.2) is 0 Å². The van der Waals surface area contributed by atoms with Gasteiger partial charge in [0.15, 0.2) is 0 Å². The lowest BCUT2D eigenvalue weighted by molar-refractivity contribution is -0.117. The molecule has 0 unspecified atom stereocenters. The summed E-state index contributed by atoms with van der Waals surface area (Å²) >= 11 is 0. The first-order chi connectivity index (χ1) is 52.2. The Hall–Kier alpha value is -0.480. The molecule has 6 aliphatic heterocycles. The van der Waals surface area contributed by atoms with Crippen LogP contribution in [-0.4, -0.2) is 260 Å². The summed E-state index contributed by atoms with van der Waals surface area (Å²) in [5.41, 5.74) is 6.92. The SMILES string of the molecule is CC(C)C1CC2(C1)CN(C(C)C)C2.CC(C)C1CCC(N)CC1.CC(C)C1CCC(N2CCN(C(C)(C)C)CC2)CC1.CC(C)C1CCC(N2CCN(C(C)C)CC2)CC1.CC(C)C1CCC(N2CCN(C)CC2)CC1.CC(C)C1CCC(N2CCNCC2)CC1.CC(C)CN1CCN(C2CCC(C(C)C)CC2)CC1.